The number of rotatable bonds is 6. The van der Waals surface area contributed by atoms with E-state index < -0.39 is 11.1 Å². The summed E-state index contributed by atoms with van der Waals surface area (Å²) in [4.78, 5) is 39.1. The van der Waals surface area contributed by atoms with Gasteiger partial charge in [-0.05, 0) is 55.5 Å². The summed E-state index contributed by atoms with van der Waals surface area (Å²) in [7, 11) is 0. The molecule has 8 heteroatoms. The quantitative estimate of drug-likeness (QED) is 0.431. The monoisotopic (exact) mass is 449 g/mol. The fourth-order valence-corrected chi connectivity index (χ4v) is 3.54. The summed E-state index contributed by atoms with van der Waals surface area (Å²) in [6, 6.07) is 19.3. The third-order valence-corrected chi connectivity index (χ3v) is 5.39. The zero-order valence-corrected chi connectivity index (χ0v) is 18.0. The van der Waals surface area contributed by atoms with Crippen LogP contribution >= 0.6 is 11.6 Å². The van der Waals surface area contributed by atoms with Crippen molar-refractivity contribution in [3.63, 3.8) is 0 Å². The van der Waals surface area contributed by atoms with Gasteiger partial charge >= 0.3 is 11.1 Å². The van der Waals surface area contributed by atoms with E-state index in [4.69, 9.17) is 16.3 Å². The highest BCUT2D eigenvalue weighted by molar-refractivity contribution is 6.31. The topological polar surface area (TPSA) is 93.2 Å². The third-order valence-electron chi connectivity index (χ3n) is 5.02. The highest BCUT2D eigenvalue weighted by Gasteiger charge is 2.11. The van der Waals surface area contributed by atoms with Crippen LogP contribution in [0.3, 0.4) is 0 Å². The van der Waals surface area contributed by atoms with Crippen LogP contribution in [-0.4, -0.2) is 15.5 Å². The predicted molar refractivity (Wildman–Crippen MR) is 125 cm³/mol. The first-order valence-corrected chi connectivity index (χ1v) is 10.4. The number of fused-ring (bicyclic) bond motifs is 1. The number of ether oxygens (including phenoxy) is 1. The number of aromatic amines is 1. The van der Waals surface area contributed by atoms with Crippen molar-refractivity contribution in [1.29, 1.82) is 0 Å². The van der Waals surface area contributed by atoms with Gasteiger partial charge in [-0.2, -0.15) is 0 Å². The highest BCUT2D eigenvalue weighted by Crippen LogP contribution is 2.21. The molecular formula is C24H20ClN3O4. The van der Waals surface area contributed by atoms with Crippen LogP contribution in [0, 0.1) is 0 Å². The smallest absolute Gasteiger partial charge is 0.316 e. The Morgan fingerprint density at radius 1 is 1.06 bits per heavy atom. The van der Waals surface area contributed by atoms with Crippen molar-refractivity contribution in [3.05, 3.63) is 104 Å². The number of hydrogen-bond acceptors (Lipinski definition) is 4. The number of halogens is 1. The van der Waals surface area contributed by atoms with Crippen molar-refractivity contribution >= 4 is 34.2 Å². The Morgan fingerprint density at radius 3 is 2.53 bits per heavy atom. The Kier molecular flexibility index (Phi) is 6.09. The normalized spacial score (nSPS) is 10.8. The zero-order valence-electron chi connectivity index (χ0n) is 17.2. The van der Waals surface area contributed by atoms with E-state index in [9.17, 15) is 14.4 Å². The van der Waals surface area contributed by atoms with E-state index in [0.717, 1.165) is 5.56 Å². The number of carbonyl (C=O) groups is 1. The molecule has 0 aliphatic heterocycles. The van der Waals surface area contributed by atoms with Crippen molar-refractivity contribution in [2.24, 2.45) is 0 Å². The van der Waals surface area contributed by atoms with E-state index in [-0.39, 0.29) is 5.91 Å². The summed E-state index contributed by atoms with van der Waals surface area (Å²) in [6.45, 7) is 2.47. The van der Waals surface area contributed by atoms with Crippen molar-refractivity contribution in [2.75, 3.05) is 5.32 Å². The number of nitrogens with one attached hydrogen (secondary N) is 2. The van der Waals surface area contributed by atoms with Gasteiger partial charge in [0.1, 0.15) is 12.4 Å². The average Bonchev–Trinajstić information content (AvgIpc) is 2.80. The van der Waals surface area contributed by atoms with Crippen LogP contribution in [0.1, 0.15) is 22.8 Å². The van der Waals surface area contributed by atoms with Gasteiger partial charge in [0.15, 0.2) is 0 Å². The number of aryl methyl sites for hydroxylation is 1. The standard InChI is InChI=1S/C24H20ClN3O4/c1-2-28-21-12-7-15(13-20(21)27-23(30)24(28)31)22(29)26-17-8-10-18(11-9-17)32-14-16-5-3-4-6-19(16)25/h3-13H,2,14H2,1H3,(H,26,29)(H,27,30). The number of benzene rings is 3. The summed E-state index contributed by atoms with van der Waals surface area (Å²) in [6.07, 6.45) is 0. The minimum Gasteiger partial charge on any atom is -0.489 e. The molecule has 0 radical (unpaired) electrons. The van der Waals surface area contributed by atoms with Crippen molar-refractivity contribution < 1.29 is 9.53 Å². The molecule has 7 nitrogen and oxygen atoms in total. The van der Waals surface area contributed by atoms with Crippen molar-refractivity contribution in [3.8, 4) is 5.75 Å². The molecule has 0 aliphatic rings. The Hall–Kier alpha value is -3.84. The van der Waals surface area contributed by atoms with Gasteiger partial charge in [0.2, 0.25) is 0 Å². The first kappa shape index (κ1) is 21.4. The molecule has 0 bridgehead atoms. The van der Waals surface area contributed by atoms with Gasteiger partial charge in [0.25, 0.3) is 5.91 Å². The number of H-pyrrole nitrogens is 1. The van der Waals surface area contributed by atoms with Crippen LogP contribution in [0.25, 0.3) is 11.0 Å². The number of amides is 1. The second-order valence-electron chi connectivity index (χ2n) is 7.09. The summed E-state index contributed by atoms with van der Waals surface area (Å²) in [5.74, 6) is 0.301. The Labute approximate surface area is 188 Å². The summed E-state index contributed by atoms with van der Waals surface area (Å²) in [5, 5.41) is 3.45. The summed E-state index contributed by atoms with van der Waals surface area (Å²) >= 11 is 6.14. The molecular weight excluding hydrogens is 430 g/mol. The lowest BCUT2D eigenvalue weighted by Crippen LogP contribution is -2.36. The summed E-state index contributed by atoms with van der Waals surface area (Å²) < 4.78 is 7.12. The zero-order chi connectivity index (χ0) is 22.7. The molecule has 0 spiro atoms. The number of carbonyl (C=O) groups excluding carboxylic acids is 1. The number of nitrogens with zero attached hydrogens (tertiary/aromatic N) is 1. The molecule has 3 aromatic carbocycles. The first-order valence-electron chi connectivity index (χ1n) is 10.0. The lowest BCUT2D eigenvalue weighted by molar-refractivity contribution is 0.102. The number of aromatic nitrogens is 2. The van der Waals surface area contributed by atoms with E-state index in [1.807, 2.05) is 24.3 Å². The predicted octanol–water partition coefficient (Wildman–Crippen LogP) is 4.19. The van der Waals surface area contributed by atoms with Crippen LogP contribution in [0.5, 0.6) is 5.75 Å². The molecule has 32 heavy (non-hydrogen) atoms. The fraction of sp³-hybridized carbons (Fsp3) is 0.125. The van der Waals surface area contributed by atoms with E-state index >= 15 is 0 Å². The maximum Gasteiger partial charge on any atom is 0.316 e. The lowest BCUT2D eigenvalue weighted by atomic mass is 10.1. The molecule has 0 saturated heterocycles. The molecule has 4 rings (SSSR count). The van der Waals surface area contributed by atoms with Gasteiger partial charge in [0, 0.05) is 28.4 Å². The average molecular weight is 450 g/mol. The highest BCUT2D eigenvalue weighted by atomic mass is 35.5. The van der Waals surface area contributed by atoms with Gasteiger partial charge < -0.3 is 19.6 Å². The molecule has 162 valence electrons. The molecule has 2 N–H and O–H groups in total. The van der Waals surface area contributed by atoms with Gasteiger partial charge in [-0.15, -0.1) is 0 Å². The van der Waals surface area contributed by atoms with Gasteiger partial charge in [0.05, 0.1) is 11.0 Å². The SMILES string of the molecule is CCn1c(=O)c(=O)[nH]c2cc(C(=O)Nc3ccc(OCc4ccccc4Cl)cc3)ccc21. The van der Waals surface area contributed by atoms with Gasteiger partial charge in [-0.1, -0.05) is 29.8 Å². The fourth-order valence-electron chi connectivity index (χ4n) is 3.35. The Bertz CT molecular complexity index is 1410. The van der Waals surface area contributed by atoms with Crippen LogP contribution in [0.4, 0.5) is 5.69 Å². The molecule has 1 amide bonds. The third kappa shape index (κ3) is 4.43. The molecule has 0 aliphatic carbocycles. The molecule has 0 saturated carbocycles. The van der Waals surface area contributed by atoms with E-state index in [1.54, 1.807) is 49.4 Å². The maximum absolute atomic E-state index is 12.7. The largest absolute Gasteiger partial charge is 0.489 e. The van der Waals surface area contributed by atoms with E-state index in [1.165, 1.54) is 4.57 Å². The van der Waals surface area contributed by atoms with Crippen molar-refractivity contribution in [2.45, 2.75) is 20.1 Å². The Balaban J connectivity index is 1.47. The molecule has 1 heterocycles. The van der Waals surface area contributed by atoms with Gasteiger partial charge in [-0.25, -0.2) is 0 Å². The molecule has 1 aromatic heterocycles. The molecule has 0 atom stereocenters. The summed E-state index contributed by atoms with van der Waals surface area (Å²) in [5.41, 5.74) is 1.48. The van der Waals surface area contributed by atoms with E-state index in [0.29, 0.717) is 46.2 Å². The number of anilines is 1. The van der Waals surface area contributed by atoms with Crippen LogP contribution in [-0.2, 0) is 13.2 Å². The van der Waals surface area contributed by atoms with Gasteiger partial charge in [-0.3, -0.25) is 14.4 Å². The van der Waals surface area contributed by atoms with E-state index in [2.05, 4.69) is 10.3 Å². The maximum atomic E-state index is 12.7. The minimum atomic E-state index is -0.718. The molecule has 0 unspecified atom stereocenters. The number of hydrogen-bond donors (Lipinski definition) is 2. The molecule has 4 aromatic rings. The lowest BCUT2D eigenvalue weighted by Gasteiger charge is -2.10. The van der Waals surface area contributed by atoms with Crippen LogP contribution < -0.4 is 21.2 Å². The first-order chi connectivity index (χ1) is 15.5. The molecule has 0 fully saturated rings. The van der Waals surface area contributed by atoms with Crippen LogP contribution in [0.2, 0.25) is 5.02 Å². The second kappa shape index (κ2) is 9.11. The van der Waals surface area contributed by atoms with Crippen LogP contribution in [0.15, 0.2) is 76.3 Å². The second-order valence-corrected chi connectivity index (χ2v) is 7.50. The Morgan fingerprint density at radius 2 is 1.81 bits per heavy atom. The van der Waals surface area contributed by atoms with Crippen molar-refractivity contribution in [1.82, 2.24) is 9.55 Å². The minimum absolute atomic E-state index is 0.337.